The Labute approximate surface area is 182 Å². The molecule has 1 atom stereocenters. The van der Waals surface area contributed by atoms with Gasteiger partial charge >= 0.3 is 0 Å². The summed E-state index contributed by atoms with van der Waals surface area (Å²) in [4.78, 5) is 13.1. The highest BCUT2D eigenvalue weighted by Gasteiger charge is 2.42. The first-order valence-electron chi connectivity index (χ1n) is 9.24. The van der Waals surface area contributed by atoms with Gasteiger partial charge in [0.05, 0.1) is 45.3 Å². The second-order valence-corrected chi connectivity index (χ2v) is 7.94. The van der Waals surface area contributed by atoms with Crippen LogP contribution in [0.4, 0.5) is 0 Å². The fraction of sp³-hybridized carbons (Fsp3) is 0.476. The van der Waals surface area contributed by atoms with Crippen LogP contribution in [0.15, 0.2) is 16.5 Å². The number of carbonyl (C=O) groups is 1. The number of ether oxygens (including phenoxy) is 3. The number of fused-ring (bicyclic) bond motifs is 2. The Balaban J connectivity index is 0.00000225. The van der Waals surface area contributed by atoms with Crippen molar-refractivity contribution < 1.29 is 51.9 Å². The van der Waals surface area contributed by atoms with Crippen LogP contribution in [0.2, 0.25) is 0 Å². The number of aryl methyl sites for hydroxylation is 2. The number of ketones is 1. The van der Waals surface area contributed by atoms with Gasteiger partial charge in [-0.25, -0.2) is 0 Å². The number of methoxy groups -OCH3 is 1. The zero-order valence-corrected chi connectivity index (χ0v) is 19.1. The number of hydrogen-bond acceptors (Lipinski definition) is 5. The van der Waals surface area contributed by atoms with Gasteiger partial charge in [-0.15, -0.1) is 0 Å². The second-order valence-electron chi connectivity index (χ2n) is 7.94. The third-order valence-corrected chi connectivity index (χ3v) is 5.80. The second kappa shape index (κ2) is 7.59. The minimum absolute atomic E-state index is 0. The number of furan rings is 1. The van der Waals surface area contributed by atoms with Gasteiger partial charge in [0.1, 0.15) is 17.6 Å². The normalized spacial score (nSPS) is 19.0. The summed E-state index contributed by atoms with van der Waals surface area (Å²) in [5.41, 5.74) is 2.90. The fourth-order valence-electron chi connectivity index (χ4n) is 4.31. The van der Waals surface area contributed by atoms with Crippen molar-refractivity contribution in [1.82, 2.24) is 0 Å². The van der Waals surface area contributed by atoms with E-state index in [0.717, 1.165) is 30.0 Å². The van der Waals surface area contributed by atoms with Crippen LogP contribution >= 0.6 is 0 Å². The molecule has 28 heavy (non-hydrogen) atoms. The van der Waals surface area contributed by atoms with Gasteiger partial charge in [-0.1, -0.05) is 0 Å². The first kappa shape index (κ1) is 21.0. The molecule has 2 aliphatic rings. The molecule has 0 fully saturated rings. The third kappa shape index (κ3) is 3.39. The van der Waals surface area contributed by atoms with Gasteiger partial charge in [-0.05, 0) is 31.5 Å². The molecule has 0 saturated carbocycles. The highest BCUT2D eigenvalue weighted by Crippen LogP contribution is 2.51. The van der Waals surface area contributed by atoms with E-state index in [4.69, 9.17) is 18.6 Å². The topological polar surface area (TPSA) is 57.9 Å². The van der Waals surface area contributed by atoms with Crippen molar-refractivity contribution in [3.63, 3.8) is 0 Å². The quantitative estimate of drug-likeness (QED) is 0.350. The molecule has 152 valence electrons. The summed E-state index contributed by atoms with van der Waals surface area (Å²) in [5, 5.41) is 0. The molecular weight excluding hydrogens is 473 g/mol. The van der Waals surface area contributed by atoms with Crippen molar-refractivity contribution in [3.05, 3.63) is 40.3 Å². The number of rotatable bonds is 4. The number of halogens is 1. The standard InChI is InChI=1S/C21H26NO5.HI/c1-12-8-15(13(2)27-12)17(23)10-16-19-14(6-7-22(16,3)4)9-18-20(21(19)24-5)26-11-25-18;/h8-9,16H,6-7,10-11H2,1-5H3;1H/q+1;/p-1. The molecule has 2 aromatic rings. The van der Waals surface area contributed by atoms with Crippen LogP contribution in [0.3, 0.4) is 0 Å². The number of likely N-dealkylation sites (N-methyl/N-ethyl adjacent to an activating group) is 1. The molecule has 4 rings (SSSR count). The maximum absolute atomic E-state index is 13.1. The Morgan fingerprint density at radius 3 is 2.64 bits per heavy atom. The van der Waals surface area contributed by atoms with Gasteiger partial charge in [0, 0.05) is 6.42 Å². The molecule has 0 amide bonds. The smallest absolute Gasteiger partial charge is 0.231 e. The van der Waals surface area contributed by atoms with Gasteiger partial charge in [0.2, 0.25) is 12.5 Å². The molecule has 0 N–H and O–H groups in total. The van der Waals surface area contributed by atoms with Crippen LogP contribution in [0, 0.1) is 13.8 Å². The van der Waals surface area contributed by atoms with Gasteiger partial charge in [-0.2, -0.15) is 0 Å². The number of carbonyl (C=O) groups excluding carboxylic acids is 1. The summed E-state index contributed by atoms with van der Waals surface area (Å²) in [6.07, 6.45) is 1.29. The van der Waals surface area contributed by atoms with Gasteiger partial charge in [0.25, 0.3) is 0 Å². The van der Waals surface area contributed by atoms with Crippen LogP contribution in [0.1, 0.15) is 45.5 Å². The molecule has 7 heteroatoms. The van der Waals surface area contributed by atoms with Gasteiger partial charge in [0.15, 0.2) is 17.3 Å². The summed E-state index contributed by atoms with van der Waals surface area (Å²) in [6, 6.07) is 3.85. The lowest BCUT2D eigenvalue weighted by molar-refractivity contribution is -0.922. The van der Waals surface area contributed by atoms with Crippen LogP contribution in [0.25, 0.3) is 0 Å². The van der Waals surface area contributed by atoms with Gasteiger partial charge in [-0.3, -0.25) is 4.79 Å². The zero-order chi connectivity index (χ0) is 19.3. The van der Waals surface area contributed by atoms with Crippen molar-refractivity contribution >= 4 is 5.78 Å². The van der Waals surface area contributed by atoms with Crippen molar-refractivity contribution in [2.45, 2.75) is 32.7 Å². The molecule has 1 aromatic carbocycles. The van der Waals surface area contributed by atoms with Crippen molar-refractivity contribution in [2.75, 3.05) is 34.5 Å². The van der Waals surface area contributed by atoms with E-state index in [-0.39, 0.29) is 42.6 Å². The Kier molecular flexibility index (Phi) is 5.69. The van der Waals surface area contributed by atoms with Crippen molar-refractivity contribution in [1.29, 1.82) is 0 Å². The Morgan fingerprint density at radius 2 is 2.00 bits per heavy atom. The molecule has 3 heterocycles. The summed E-state index contributed by atoms with van der Waals surface area (Å²) in [5.74, 6) is 3.60. The first-order valence-corrected chi connectivity index (χ1v) is 9.24. The molecule has 0 radical (unpaired) electrons. The highest BCUT2D eigenvalue weighted by molar-refractivity contribution is 5.97. The minimum atomic E-state index is -0.0275. The Hall–Kier alpha value is -1.74. The zero-order valence-electron chi connectivity index (χ0n) is 16.9. The van der Waals surface area contributed by atoms with Crippen LogP contribution in [0.5, 0.6) is 17.2 Å². The number of nitrogens with zero attached hydrogens (tertiary/aromatic N) is 1. The molecule has 0 bridgehead atoms. The largest absolute Gasteiger partial charge is 1.00 e. The van der Waals surface area contributed by atoms with E-state index < -0.39 is 0 Å². The average Bonchev–Trinajstić information content (AvgIpc) is 3.21. The first-order chi connectivity index (χ1) is 12.8. The van der Waals surface area contributed by atoms with Gasteiger partial charge < -0.3 is 47.1 Å². The van der Waals surface area contributed by atoms with E-state index in [1.54, 1.807) is 7.11 Å². The summed E-state index contributed by atoms with van der Waals surface area (Å²) < 4.78 is 23.3. The van der Waals surface area contributed by atoms with E-state index in [1.807, 2.05) is 26.0 Å². The number of Topliss-reactive ketones (excluding diaryl/α,β-unsaturated/α-hetero) is 1. The van der Waals surface area contributed by atoms with Crippen LogP contribution in [-0.4, -0.2) is 44.8 Å². The lowest BCUT2D eigenvalue weighted by Crippen LogP contribution is -3.00. The molecule has 0 spiro atoms. The maximum atomic E-state index is 13.1. The highest BCUT2D eigenvalue weighted by atomic mass is 127. The molecule has 1 aromatic heterocycles. The lowest BCUT2D eigenvalue weighted by Gasteiger charge is -2.43. The van der Waals surface area contributed by atoms with E-state index >= 15 is 0 Å². The van der Waals surface area contributed by atoms with Crippen molar-refractivity contribution in [3.8, 4) is 17.2 Å². The third-order valence-electron chi connectivity index (χ3n) is 5.80. The molecule has 0 saturated heterocycles. The predicted molar refractivity (Wildman–Crippen MR) is 99.7 cm³/mol. The van der Waals surface area contributed by atoms with Crippen LogP contribution in [-0.2, 0) is 6.42 Å². The summed E-state index contributed by atoms with van der Waals surface area (Å²) in [7, 11) is 5.98. The van der Waals surface area contributed by atoms with E-state index in [9.17, 15) is 4.79 Å². The van der Waals surface area contributed by atoms with E-state index in [0.29, 0.717) is 33.7 Å². The fourth-order valence-corrected chi connectivity index (χ4v) is 4.31. The van der Waals surface area contributed by atoms with Crippen LogP contribution < -0.4 is 38.2 Å². The SMILES string of the molecule is COc1c2c(cc3c1C(CC(=O)c1cc(C)oc1C)[N+](C)(C)CC3)OCO2.[I-]. The Morgan fingerprint density at radius 1 is 1.25 bits per heavy atom. The molecular formula is C21H26INO5. The summed E-state index contributed by atoms with van der Waals surface area (Å²) >= 11 is 0. The molecule has 0 aliphatic carbocycles. The number of quaternary nitrogens is 1. The maximum Gasteiger partial charge on any atom is 0.231 e. The minimum Gasteiger partial charge on any atom is -1.00 e. The van der Waals surface area contributed by atoms with E-state index in [1.165, 1.54) is 5.56 Å². The summed E-state index contributed by atoms with van der Waals surface area (Å²) in [6.45, 7) is 4.85. The average molecular weight is 499 g/mol. The van der Waals surface area contributed by atoms with E-state index in [2.05, 4.69) is 14.1 Å². The number of benzene rings is 1. The Bertz CT molecular complexity index is 918. The van der Waals surface area contributed by atoms with Crippen molar-refractivity contribution in [2.24, 2.45) is 0 Å². The number of hydrogen-bond donors (Lipinski definition) is 0. The lowest BCUT2D eigenvalue weighted by atomic mass is 9.86. The molecule has 1 unspecified atom stereocenters. The predicted octanol–water partition coefficient (Wildman–Crippen LogP) is 0.584. The monoisotopic (exact) mass is 499 g/mol. The molecule has 6 nitrogen and oxygen atoms in total. The molecule has 2 aliphatic heterocycles.